The van der Waals surface area contributed by atoms with Crippen molar-refractivity contribution in [2.45, 2.75) is 18.4 Å². The predicted molar refractivity (Wildman–Crippen MR) is 103 cm³/mol. The number of benzene rings is 2. The molecule has 0 fully saturated rings. The zero-order valence-electron chi connectivity index (χ0n) is 15.7. The largest absolute Gasteiger partial charge is 0.355 e. The zero-order valence-corrected chi connectivity index (χ0v) is 16.6. The number of carbonyl (C=O) groups is 2. The summed E-state index contributed by atoms with van der Waals surface area (Å²) in [6.07, 6.45) is 0. The first-order valence-electron chi connectivity index (χ1n) is 8.30. The van der Waals surface area contributed by atoms with Gasteiger partial charge in [0.25, 0.3) is 11.8 Å². The van der Waals surface area contributed by atoms with E-state index in [9.17, 15) is 18.0 Å². The molecule has 2 aromatic rings. The Bertz CT molecular complexity index is 953. The van der Waals surface area contributed by atoms with E-state index in [1.807, 2.05) is 0 Å². The van der Waals surface area contributed by atoms with Crippen LogP contribution in [-0.4, -0.2) is 46.3 Å². The average Bonchev–Trinajstić information content (AvgIpc) is 2.67. The Kier molecular flexibility index (Phi) is 6.35. The van der Waals surface area contributed by atoms with Crippen LogP contribution in [0.5, 0.6) is 0 Å². The van der Waals surface area contributed by atoms with Crippen LogP contribution < -0.4 is 10.0 Å². The van der Waals surface area contributed by atoms with Gasteiger partial charge in [-0.05, 0) is 49.4 Å². The summed E-state index contributed by atoms with van der Waals surface area (Å²) in [5.41, 5.74) is 2.42. The highest BCUT2D eigenvalue weighted by Crippen LogP contribution is 2.18. The van der Waals surface area contributed by atoms with Crippen LogP contribution in [0.15, 0.2) is 47.4 Å². The van der Waals surface area contributed by atoms with Gasteiger partial charge in [0.15, 0.2) is 0 Å². The van der Waals surface area contributed by atoms with E-state index in [0.29, 0.717) is 23.2 Å². The van der Waals surface area contributed by atoms with Gasteiger partial charge in [-0.15, -0.1) is 0 Å². The van der Waals surface area contributed by atoms with E-state index in [1.165, 1.54) is 24.1 Å². The predicted octanol–water partition coefficient (Wildman–Crippen LogP) is 1.53. The van der Waals surface area contributed by atoms with Crippen molar-refractivity contribution in [3.63, 3.8) is 0 Å². The third kappa shape index (κ3) is 4.72. The van der Waals surface area contributed by atoms with Crippen LogP contribution in [-0.2, 0) is 16.6 Å². The normalized spacial score (nSPS) is 11.1. The van der Waals surface area contributed by atoms with E-state index in [4.69, 9.17) is 0 Å². The Morgan fingerprint density at radius 3 is 2.22 bits per heavy atom. The van der Waals surface area contributed by atoms with Crippen molar-refractivity contribution in [1.82, 2.24) is 14.9 Å². The lowest BCUT2D eigenvalue weighted by molar-refractivity contribution is 0.0783. The topological polar surface area (TPSA) is 95.6 Å². The van der Waals surface area contributed by atoms with Gasteiger partial charge in [-0.25, -0.2) is 13.1 Å². The van der Waals surface area contributed by atoms with Gasteiger partial charge in [0.05, 0.1) is 4.90 Å². The van der Waals surface area contributed by atoms with Crippen LogP contribution in [0.2, 0.25) is 0 Å². The molecule has 27 heavy (non-hydrogen) atoms. The molecule has 0 bridgehead atoms. The quantitative estimate of drug-likeness (QED) is 0.783. The van der Waals surface area contributed by atoms with Crippen molar-refractivity contribution in [1.29, 1.82) is 0 Å². The average molecular weight is 389 g/mol. The van der Waals surface area contributed by atoms with Crippen LogP contribution in [0.4, 0.5) is 0 Å². The molecule has 0 aliphatic rings. The number of amides is 2. The van der Waals surface area contributed by atoms with Crippen LogP contribution in [0.3, 0.4) is 0 Å². The maximum absolute atomic E-state index is 12.8. The number of nitrogens with zero attached hydrogens (tertiary/aromatic N) is 1. The van der Waals surface area contributed by atoms with E-state index >= 15 is 0 Å². The zero-order chi connectivity index (χ0) is 20.2. The molecule has 0 heterocycles. The van der Waals surface area contributed by atoms with Gasteiger partial charge in [-0.2, -0.15) is 0 Å². The number of carbonyl (C=O) groups excluding carboxylic acids is 2. The second-order valence-electron chi connectivity index (χ2n) is 6.12. The highest BCUT2D eigenvalue weighted by molar-refractivity contribution is 7.89. The maximum atomic E-state index is 12.8. The highest BCUT2D eigenvalue weighted by atomic mass is 32.2. The summed E-state index contributed by atoms with van der Waals surface area (Å²) in [7, 11) is 0.904. The number of hydrogen-bond acceptors (Lipinski definition) is 4. The summed E-state index contributed by atoms with van der Waals surface area (Å²) >= 11 is 0. The Morgan fingerprint density at radius 2 is 1.67 bits per heavy atom. The first kappa shape index (κ1) is 20.6. The maximum Gasteiger partial charge on any atom is 0.254 e. The third-order valence-electron chi connectivity index (χ3n) is 4.23. The summed E-state index contributed by atoms with van der Waals surface area (Å²) in [4.78, 5) is 25.9. The molecule has 2 rings (SSSR count). The van der Waals surface area contributed by atoms with E-state index in [2.05, 4.69) is 10.0 Å². The van der Waals surface area contributed by atoms with Crippen LogP contribution in [0.1, 0.15) is 31.8 Å². The fourth-order valence-corrected chi connectivity index (χ4v) is 3.33. The van der Waals surface area contributed by atoms with E-state index in [1.54, 1.807) is 51.4 Å². The molecule has 0 saturated carbocycles. The summed E-state index contributed by atoms with van der Waals surface area (Å²) in [5, 5.41) is 2.55. The minimum absolute atomic E-state index is 0.0438. The van der Waals surface area contributed by atoms with E-state index in [-0.39, 0.29) is 16.7 Å². The van der Waals surface area contributed by atoms with Crippen molar-refractivity contribution in [3.8, 4) is 0 Å². The minimum atomic E-state index is -3.63. The van der Waals surface area contributed by atoms with Crippen LogP contribution in [0.25, 0.3) is 0 Å². The van der Waals surface area contributed by atoms with Gasteiger partial charge in [-0.1, -0.05) is 18.2 Å². The number of aryl methyl sites for hydroxylation is 1. The van der Waals surface area contributed by atoms with Gasteiger partial charge >= 0.3 is 0 Å². The first-order valence-corrected chi connectivity index (χ1v) is 9.78. The Morgan fingerprint density at radius 1 is 1.04 bits per heavy atom. The Balaban J connectivity index is 2.22. The summed E-state index contributed by atoms with van der Waals surface area (Å²) < 4.78 is 26.2. The molecule has 2 N–H and O–H groups in total. The second-order valence-corrected chi connectivity index (χ2v) is 8.01. The fourth-order valence-electron chi connectivity index (χ4n) is 2.57. The van der Waals surface area contributed by atoms with Crippen LogP contribution >= 0.6 is 0 Å². The molecular weight excluding hydrogens is 366 g/mol. The molecule has 7 nitrogen and oxygen atoms in total. The fraction of sp³-hybridized carbons (Fsp3) is 0.263. The molecule has 8 heteroatoms. The first-order chi connectivity index (χ1) is 12.7. The lowest BCUT2D eigenvalue weighted by Crippen LogP contribution is -2.27. The molecule has 0 radical (unpaired) electrons. The van der Waals surface area contributed by atoms with Gasteiger partial charge in [0.2, 0.25) is 10.0 Å². The lowest BCUT2D eigenvalue weighted by atomic mass is 10.1. The van der Waals surface area contributed by atoms with Gasteiger partial charge < -0.3 is 10.2 Å². The summed E-state index contributed by atoms with van der Waals surface area (Å²) in [6.45, 7) is 2.09. The third-order valence-corrected chi connectivity index (χ3v) is 5.64. The number of nitrogens with one attached hydrogen (secondary N) is 2. The van der Waals surface area contributed by atoms with Gasteiger partial charge in [0, 0.05) is 31.8 Å². The van der Waals surface area contributed by atoms with Crippen molar-refractivity contribution in [2.75, 3.05) is 21.1 Å². The molecule has 0 aromatic heterocycles. The smallest absolute Gasteiger partial charge is 0.254 e. The number of hydrogen-bond donors (Lipinski definition) is 2. The molecule has 0 aliphatic carbocycles. The molecule has 0 unspecified atom stereocenters. The molecule has 2 amide bonds. The highest BCUT2D eigenvalue weighted by Gasteiger charge is 2.19. The molecular formula is C19H23N3O4S. The van der Waals surface area contributed by atoms with Crippen molar-refractivity contribution in [2.24, 2.45) is 0 Å². The summed E-state index contributed by atoms with van der Waals surface area (Å²) in [6, 6.07) is 11.4. The molecule has 2 aromatic carbocycles. The Hall–Kier alpha value is -2.71. The molecule has 0 spiro atoms. The minimum Gasteiger partial charge on any atom is -0.355 e. The van der Waals surface area contributed by atoms with Crippen LogP contribution in [0, 0.1) is 6.92 Å². The van der Waals surface area contributed by atoms with Crippen molar-refractivity contribution < 1.29 is 18.0 Å². The second kappa shape index (κ2) is 8.32. The van der Waals surface area contributed by atoms with Crippen molar-refractivity contribution >= 4 is 21.8 Å². The van der Waals surface area contributed by atoms with E-state index < -0.39 is 10.0 Å². The number of rotatable bonds is 6. The SMILES string of the molecule is CNC(=O)c1ccc(CN(C)C(=O)c2cc(S(=O)(=O)NC)ccc2C)cc1. The molecule has 0 atom stereocenters. The number of sulfonamides is 1. The summed E-state index contributed by atoms with van der Waals surface area (Å²) in [5.74, 6) is -0.458. The molecule has 0 saturated heterocycles. The van der Waals surface area contributed by atoms with E-state index in [0.717, 1.165) is 5.56 Å². The standard InChI is InChI=1S/C19H23N3O4S/c1-13-5-10-16(27(25,26)21-3)11-17(13)19(24)22(4)12-14-6-8-15(9-7-14)18(23)20-2/h5-11,21H,12H2,1-4H3,(H,20,23). The lowest BCUT2D eigenvalue weighted by Gasteiger charge is -2.19. The van der Waals surface area contributed by atoms with Gasteiger partial charge in [0.1, 0.15) is 0 Å². The molecule has 144 valence electrons. The monoisotopic (exact) mass is 389 g/mol. The van der Waals surface area contributed by atoms with Crippen molar-refractivity contribution in [3.05, 3.63) is 64.7 Å². The Labute approximate surface area is 159 Å². The molecule has 0 aliphatic heterocycles. The van der Waals surface area contributed by atoms with Gasteiger partial charge in [-0.3, -0.25) is 9.59 Å².